The third-order valence-electron chi connectivity index (χ3n) is 5.22. The van der Waals surface area contributed by atoms with Crippen LogP contribution in [0.1, 0.15) is 52.4 Å². The van der Waals surface area contributed by atoms with Crippen molar-refractivity contribution in [3.8, 4) is 0 Å². The molecule has 0 unspecified atom stereocenters. The van der Waals surface area contributed by atoms with Crippen LogP contribution in [-0.4, -0.2) is 49.6 Å². The van der Waals surface area contributed by atoms with Gasteiger partial charge in [-0.2, -0.15) is 0 Å². The minimum absolute atomic E-state index is 0.723. The van der Waals surface area contributed by atoms with Crippen molar-refractivity contribution in [2.24, 2.45) is 11.3 Å². The average Bonchev–Trinajstić information content (AvgIpc) is 2.35. The lowest BCUT2D eigenvalue weighted by Gasteiger charge is -2.46. The largest absolute Gasteiger partial charge is 0.306 e. The highest BCUT2D eigenvalue weighted by Gasteiger charge is 2.36. The van der Waals surface area contributed by atoms with E-state index in [-0.39, 0.29) is 0 Å². The molecule has 2 aliphatic rings. The third-order valence-corrected chi connectivity index (χ3v) is 5.22. The molecular formula is C16H32N2. The molecule has 2 aliphatic heterocycles. The summed E-state index contributed by atoms with van der Waals surface area (Å²) in [4.78, 5) is 5.21. The molecule has 0 amide bonds. The summed E-state index contributed by atoms with van der Waals surface area (Å²) in [6, 6.07) is 0. The van der Waals surface area contributed by atoms with Gasteiger partial charge >= 0.3 is 0 Å². The van der Waals surface area contributed by atoms with Crippen LogP contribution in [0.2, 0.25) is 0 Å². The van der Waals surface area contributed by atoms with Crippen molar-refractivity contribution in [3.05, 3.63) is 0 Å². The lowest BCUT2D eigenvalue weighted by atomic mass is 9.71. The standard InChI is InChI=1S/C16H32N2/c1-15(2)5-4-10-18-13-8-16(9-14-18)6-11-17(3)12-7-16/h15H,4-14H2,1-3H3. The molecule has 1 spiro atoms. The quantitative estimate of drug-likeness (QED) is 0.758. The van der Waals surface area contributed by atoms with Gasteiger partial charge < -0.3 is 9.80 Å². The number of hydrogen-bond acceptors (Lipinski definition) is 2. The van der Waals surface area contributed by atoms with Gasteiger partial charge in [-0.05, 0) is 89.6 Å². The van der Waals surface area contributed by atoms with Crippen LogP contribution in [0.3, 0.4) is 0 Å². The Morgan fingerprint density at radius 3 is 2.06 bits per heavy atom. The summed E-state index contributed by atoms with van der Waals surface area (Å²) in [5.41, 5.74) is 0.723. The van der Waals surface area contributed by atoms with Gasteiger partial charge in [0.1, 0.15) is 0 Å². The van der Waals surface area contributed by atoms with E-state index in [0.29, 0.717) is 0 Å². The summed E-state index contributed by atoms with van der Waals surface area (Å²) in [6.45, 7) is 11.4. The van der Waals surface area contributed by atoms with Crippen molar-refractivity contribution < 1.29 is 0 Å². The summed E-state index contributed by atoms with van der Waals surface area (Å²) < 4.78 is 0. The average molecular weight is 252 g/mol. The lowest BCUT2D eigenvalue weighted by molar-refractivity contribution is 0.0420. The molecule has 2 saturated heterocycles. The Balaban J connectivity index is 1.68. The maximum atomic E-state index is 2.71. The molecule has 0 N–H and O–H groups in total. The second kappa shape index (κ2) is 6.38. The molecule has 2 fully saturated rings. The Kier molecular flexibility index (Phi) is 5.08. The van der Waals surface area contributed by atoms with Crippen molar-refractivity contribution in [1.29, 1.82) is 0 Å². The van der Waals surface area contributed by atoms with Gasteiger partial charge in [-0.3, -0.25) is 0 Å². The zero-order valence-electron chi connectivity index (χ0n) is 12.7. The van der Waals surface area contributed by atoms with Crippen LogP contribution in [0.4, 0.5) is 0 Å². The fraction of sp³-hybridized carbons (Fsp3) is 1.00. The molecule has 0 aromatic rings. The summed E-state index contributed by atoms with van der Waals surface area (Å²) in [7, 11) is 2.27. The van der Waals surface area contributed by atoms with E-state index in [2.05, 4.69) is 30.7 Å². The Hall–Kier alpha value is -0.0800. The van der Waals surface area contributed by atoms with Crippen molar-refractivity contribution in [2.75, 3.05) is 39.8 Å². The highest BCUT2D eigenvalue weighted by atomic mass is 15.1. The molecule has 18 heavy (non-hydrogen) atoms. The lowest BCUT2D eigenvalue weighted by Crippen LogP contribution is -2.46. The van der Waals surface area contributed by atoms with Crippen molar-refractivity contribution >= 4 is 0 Å². The predicted octanol–water partition coefficient (Wildman–Crippen LogP) is 3.23. The topological polar surface area (TPSA) is 6.48 Å². The highest BCUT2D eigenvalue weighted by molar-refractivity contribution is 4.89. The molecule has 2 nitrogen and oxygen atoms in total. The molecule has 106 valence electrons. The van der Waals surface area contributed by atoms with Gasteiger partial charge in [0.25, 0.3) is 0 Å². The van der Waals surface area contributed by atoms with E-state index in [0.717, 1.165) is 11.3 Å². The Morgan fingerprint density at radius 2 is 1.50 bits per heavy atom. The molecule has 0 aromatic carbocycles. The molecule has 0 aliphatic carbocycles. The number of hydrogen-bond donors (Lipinski definition) is 0. The maximum absolute atomic E-state index is 2.71. The smallest absolute Gasteiger partial charge is 0.00134 e. The fourth-order valence-corrected chi connectivity index (χ4v) is 3.57. The van der Waals surface area contributed by atoms with E-state index in [1.54, 1.807) is 0 Å². The predicted molar refractivity (Wildman–Crippen MR) is 78.9 cm³/mol. The molecule has 0 atom stereocenters. The molecule has 0 radical (unpaired) electrons. The first kappa shape index (κ1) is 14.3. The van der Waals surface area contributed by atoms with E-state index in [4.69, 9.17) is 0 Å². The van der Waals surface area contributed by atoms with Gasteiger partial charge in [0.05, 0.1) is 0 Å². The van der Waals surface area contributed by atoms with Crippen LogP contribution >= 0.6 is 0 Å². The fourth-order valence-electron chi connectivity index (χ4n) is 3.57. The van der Waals surface area contributed by atoms with Gasteiger partial charge in [0, 0.05) is 0 Å². The van der Waals surface area contributed by atoms with E-state index >= 15 is 0 Å². The van der Waals surface area contributed by atoms with E-state index in [1.807, 2.05) is 0 Å². The van der Waals surface area contributed by atoms with Gasteiger partial charge in [-0.15, -0.1) is 0 Å². The van der Waals surface area contributed by atoms with Crippen LogP contribution in [0.5, 0.6) is 0 Å². The zero-order chi connectivity index (χ0) is 13.0. The number of piperidine rings is 2. The van der Waals surface area contributed by atoms with E-state index in [9.17, 15) is 0 Å². The molecule has 0 aromatic heterocycles. The summed E-state index contributed by atoms with van der Waals surface area (Å²) in [5, 5.41) is 0. The monoisotopic (exact) mass is 252 g/mol. The first-order valence-corrected chi connectivity index (χ1v) is 8.01. The van der Waals surface area contributed by atoms with Gasteiger partial charge in [-0.1, -0.05) is 13.8 Å². The number of likely N-dealkylation sites (tertiary alicyclic amines) is 2. The van der Waals surface area contributed by atoms with Crippen molar-refractivity contribution in [2.45, 2.75) is 52.4 Å². The molecule has 0 saturated carbocycles. The Morgan fingerprint density at radius 1 is 0.944 bits per heavy atom. The number of rotatable bonds is 4. The molecule has 2 rings (SSSR count). The first-order chi connectivity index (χ1) is 8.60. The molecular weight excluding hydrogens is 220 g/mol. The summed E-state index contributed by atoms with van der Waals surface area (Å²) >= 11 is 0. The Bertz CT molecular complexity index is 231. The van der Waals surface area contributed by atoms with Crippen LogP contribution in [0.25, 0.3) is 0 Å². The van der Waals surface area contributed by atoms with Crippen molar-refractivity contribution in [3.63, 3.8) is 0 Å². The zero-order valence-corrected chi connectivity index (χ0v) is 12.7. The van der Waals surface area contributed by atoms with Gasteiger partial charge in [-0.25, -0.2) is 0 Å². The van der Waals surface area contributed by atoms with E-state index < -0.39 is 0 Å². The SMILES string of the molecule is CC(C)CCCN1CCC2(CCN(C)CC2)CC1. The van der Waals surface area contributed by atoms with Crippen LogP contribution < -0.4 is 0 Å². The highest BCUT2D eigenvalue weighted by Crippen LogP contribution is 2.40. The normalized spacial score (nSPS) is 26.0. The third kappa shape index (κ3) is 3.96. The second-order valence-corrected chi connectivity index (χ2v) is 7.18. The van der Waals surface area contributed by atoms with Gasteiger partial charge in [0.15, 0.2) is 0 Å². The van der Waals surface area contributed by atoms with Crippen LogP contribution in [0.15, 0.2) is 0 Å². The molecule has 2 heteroatoms. The van der Waals surface area contributed by atoms with Gasteiger partial charge in [0.2, 0.25) is 0 Å². The Labute approximate surface area is 114 Å². The minimum atomic E-state index is 0.723. The molecule has 0 bridgehead atoms. The summed E-state index contributed by atoms with van der Waals surface area (Å²) in [5.74, 6) is 0.870. The van der Waals surface area contributed by atoms with E-state index in [1.165, 1.54) is 71.2 Å². The maximum Gasteiger partial charge on any atom is -0.00134 e. The van der Waals surface area contributed by atoms with Crippen molar-refractivity contribution in [1.82, 2.24) is 9.80 Å². The van der Waals surface area contributed by atoms with Crippen LogP contribution in [0, 0.1) is 11.3 Å². The number of nitrogens with zero attached hydrogens (tertiary/aromatic N) is 2. The van der Waals surface area contributed by atoms with Crippen LogP contribution in [-0.2, 0) is 0 Å². The summed E-state index contributed by atoms with van der Waals surface area (Å²) in [6.07, 6.45) is 8.61. The second-order valence-electron chi connectivity index (χ2n) is 7.18. The first-order valence-electron chi connectivity index (χ1n) is 8.01. The molecule has 2 heterocycles. The minimum Gasteiger partial charge on any atom is -0.306 e.